The summed E-state index contributed by atoms with van der Waals surface area (Å²) in [5, 5.41) is 0.527. The standard InChI is InChI=1S/C24H24FN3O3/c1-31-19-6-2-4-15(10-19)11-22(29)28-9-3-5-16(14-28)23-20(24(26)30)13-17-12-18(25)7-8-21(17)27-23/h2,4,6-8,10,12-13,16H,3,5,9,11,14H2,1H3,(H2,26,30). The van der Waals surface area contributed by atoms with Crippen molar-refractivity contribution in [1.82, 2.24) is 9.88 Å². The van der Waals surface area contributed by atoms with Gasteiger partial charge in [-0.3, -0.25) is 14.6 Å². The third kappa shape index (κ3) is 4.50. The predicted octanol–water partition coefficient (Wildman–Crippen LogP) is 3.43. The third-order valence-electron chi connectivity index (χ3n) is 5.72. The van der Waals surface area contributed by atoms with Gasteiger partial charge in [0.25, 0.3) is 5.91 Å². The van der Waals surface area contributed by atoms with Gasteiger partial charge in [0.05, 0.1) is 30.3 Å². The maximum atomic E-state index is 13.6. The molecule has 0 aliphatic carbocycles. The molecular formula is C24H24FN3O3. The van der Waals surface area contributed by atoms with Crippen LogP contribution in [0.5, 0.6) is 5.75 Å². The average Bonchev–Trinajstić information content (AvgIpc) is 2.78. The van der Waals surface area contributed by atoms with Crippen molar-refractivity contribution in [3.63, 3.8) is 0 Å². The number of aromatic nitrogens is 1. The number of pyridine rings is 1. The molecule has 2 amide bonds. The van der Waals surface area contributed by atoms with Crippen LogP contribution in [0.1, 0.15) is 40.4 Å². The fourth-order valence-corrected chi connectivity index (χ4v) is 4.17. The van der Waals surface area contributed by atoms with E-state index in [4.69, 9.17) is 10.5 Å². The molecule has 0 saturated carbocycles. The molecule has 1 aliphatic heterocycles. The van der Waals surface area contributed by atoms with Gasteiger partial charge in [0, 0.05) is 24.4 Å². The van der Waals surface area contributed by atoms with Crippen LogP contribution in [0.15, 0.2) is 48.5 Å². The second-order valence-corrected chi connectivity index (χ2v) is 7.83. The molecule has 1 fully saturated rings. The average molecular weight is 421 g/mol. The van der Waals surface area contributed by atoms with Gasteiger partial charge in [0.2, 0.25) is 5.91 Å². The second kappa shape index (κ2) is 8.71. The van der Waals surface area contributed by atoms with Crippen LogP contribution in [0.25, 0.3) is 10.9 Å². The maximum Gasteiger partial charge on any atom is 0.250 e. The van der Waals surface area contributed by atoms with Crippen molar-refractivity contribution >= 4 is 22.7 Å². The molecule has 160 valence electrons. The lowest BCUT2D eigenvalue weighted by molar-refractivity contribution is -0.131. The molecule has 1 aromatic heterocycles. The molecule has 1 unspecified atom stereocenters. The lowest BCUT2D eigenvalue weighted by Gasteiger charge is -2.33. The molecule has 7 heteroatoms. The van der Waals surface area contributed by atoms with E-state index >= 15 is 0 Å². The highest BCUT2D eigenvalue weighted by Gasteiger charge is 2.28. The molecule has 2 N–H and O–H groups in total. The molecule has 1 aliphatic rings. The highest BCUT2D eigenvalue weighted by Crippen LogP contribution is 2.30. The first-order valence-electron chi connectivity index (χ1n) is 10.3. The summed E-state index contributed by atoms with van der Waals surface area (Å²) < 4.78 is 18.8. The monoisotopic (exact) mass is 421 g/mol. The first kappa shape index (κ1) is 20.8. The van der Waals surface area contributed by atoms with E-state index in [0.29, 0.717) is 35.4 Å². The molecule has 6 nitrogen and oxygen atoms in total. The number of halogens is 1. The van der Waals surface area contributed by atoms with Gasteiger partial charge in [-0.25, -0.2) is 4.39 Å². The molecule has 0 radical (unpaired) electrons. The minimum atomic E-state index is -0.603. The SMILES string of the molecule is COc1cccc(CC(=O)N2CCCC(c3nc4ccc(F)cc4cc3C(N)=O)C2)c1. The van der Waals surface area contributed by atoms with Crippen molar-refractivity contribution in [2.75, 3.05) is 20.2 Å². The number of piperidine rings is 1. The Kier molecular flexibility index (Phi) is 5.84. The van der Waals surface area contributed by atoms with Gasteiger partial charge < -0.3 is 15.4 Å². The minimum absolute atomic E-state index is 0.0152. The van der Waals surface area contributed by atoms with E-state index in [0.717, 1.165) is 18.4 Å². The number of likely N-dealkylation sites (tertiary alicyclic amines) is 1. The number of nitrogens with zero attached hydrogens (tertiary/aromatic N) is 2. The Labute approximate surface area is 179 Å². The van der Waals surface area contributed by atoms with E-state index in [9.17, 15) is 14.0 Å². The van der Waals surface area contributed by atoms with Gasteiger partial charge in [0.1, 0.15) is 11.6 Å². The van der Waals surface area contributed by atoms with Crippen LogP contribution in [0.2, 0.25) is 0 Å². The Hall–Kier alpha value is -3.48. The Morgan fingerprint density at radius 2 is 2.06 bits per heavy atom. The van der Waals surface area contributed by atoms with Crippen LogP contribution in [0, 0.1) is 5.82 Å². The van der Waals surface area contributed by atoms with Gasteiger partial charge in [-0.05, 0) is 54.8 Å². The number of hydrogen-bond donors (Lipinski definition) is 1. The van der Waals surface area contributed by atoms with Crippen LogP contribution in [0.4, 0.5) is 4.39 Å². The fourth-order valence-electron chi connectivity index (χ4n) is 4.17. The van der Waals surface area contributed by atoms with Crippen LogP contribution in [-0.2, 0) is 11.2 Å². The molecule has 2 aromatic carbocycles. The lowest BCUT2D eigenvalue weighted by Crippen LogP contribution is -2.40. The van der Waals surface area contributed by atoms with E-state index in [1.54, 1.807) is 19.2 Å². The maximum absolute atomic E-state index is 13.6. The molecule has 31 heavy (non-hydrogen) atoms. The summed E-state index contributed by atoms with van der Waals surface area (Å²) in [6.45, 7) is 1.12. The first-order valence-corrected chi connectivity index (χ1v) is 10.3. The zero-order valence-corrected chi connectivity index (χ0v) is 17.3. The number of hydrogen-bond acceptors (Lipinski definition) is 4. The quantitative estimate of drug-likeness (QED) is 0.684. The summed E-state index contributed by atoms with van der Waals surface area (Å²) in [6, 6.07) is 13.3. The molecule has 0 spiro atoms. The van der Waals surface area contributed by atoms with Crippen molar-refractivity contribution < 1.29 is 18.7 Å². The zero-order valence-electron chi connectivity index (χ0n) is 17.3. The number of benzene rings is 2. The number of amides is 2. The Morgan fingerprint density at radius 1 is 1.23 bits per heavy atom. The van der Waals surface area contributed by atoms with Crippen molar-refractivity contribution in [1.29, 1.82) is 0 Å². The van der Waals surface area contributed by atoms with Crippen LogP contribution >= 0.6 is 0 Å². The molecule has 2 heterocycles. The summed E-state index contributed by atoms with van der Waals surface area (Å²) in [6.07, 6.45) is 1.87. The van der Waals surface area contributed by atoms with Crippen LogP contribution < -0.4 is 10.5 Å². The van der Waals surface area contributed by atoms with Gasteiger partial charge in [-0.15, -0.1) is 0 Å². The number of rotatable bonds is 5. The first-order chi connectivity index (χ1) is 14.9. The summed E-state index contributed by atoms with van der Waals surface area (Å²) >= 11 is 0. The highest BCUT2D eigenvalue weighted by atomic mass is 19.1. The third-order valence-corrected chi connectivity index (χ3v) is 5.72. The van der Waals surface area contributed by atoms with Crippen molar-refractivity contribution in [2.45, 2.75) is 25.2 Å². The number of fused-ring (bicyclic) bond motifs is 1. The normalized spacial score (nSPS) is 16.3. The second-order valence-electron chi connectivity index (χ2n) is 7.83. The highest BCUT2D eigenvalue weighted by molar-refractivity contribution is 5.98. The molecule has 0 bridgehead atoms. The van der Waals surface area contributed by atoms with Crippen LogP contribution in [-0.4, -0.2) is 41.9 Å². The number of carbonyl (C=O) groups excluding carboxylic acids is 2. The van der Waals surface area contributed by atoms with Crippen molar-refractivity contribution in [2.24, 2.45) is 5.73 Å². The van der Waals surface area contributed by atoms with Gasteiger partial charge in [-0.1, -0.05) is 12.1 Å². The fraction of sp³-hybridized carbons (Fsp3) is 0.292. The summed E-state index contributed by atoms with van der Waals surface area (Å²) in [4.78, 5) is 31.5. The van der Waals surface area contributed by atoms with E-state index in [-0.39, 0.29) is 23.8 Å². The Balaban J connectivity index is 1.58. The van der Waals surface area contributed by atoms with E-state index in [2.05, 4.69) is 4.98 Å². The summed E-state index contributed by atoms with van der Waals surface area (Å²) in [5.74, 6) is -0.385. The summed E-state index contributed by atoms with van der Waals surface area (Å²) in [7, 11) is 1.59. The van der Waals surface area contributed by atoms with Gasteiger partial charge in [0.15, 0.2) is 0 Å². The molecule has 1 atom stereocenters. The molecular weight excluding hydrogens is 397 g/mol. The number of methoxy groups -OCH3 is 1. The van der Waals surface area contributed by atoms with E-state index in [1.807, 2.05) is 29.2 Å². The number of ether oxygens (including phenoxy) is 1. The molecule has 1 saturated heterocycles. The van der Waals surface area contributed by atoms with Gasteiger partial charge >= 0.3 is 0 Å². The van der Waals surface area contributed by atoms with Crippen molar-refractivity contribution in [3.05, 3.63) is 71.2 Å². The molecule has 4 rings (SSSR count). The van der Waals surface area contributed by atoms with E-state index in [1.165, 1.54) is 12.1 Å². The Morgan fingerprint density at radius 3 is 2.84 bits per heavy atom. The molecule has 3 aromatic rings. The smallest absolute Gasteiger partial charge is 0.250 e. The predicted molar refractivity (Wildman–Crippen MR) is 115 cm³/mol. The summed E-state index contributed by atoms with van der Waals surface area (Å²) in [5.41, 5.74) is 7.95. The van der Waals surface area contributed by atoms with Crippen molar-refractivity contribution in [3.8, 4) is 5.75 Å². The topological polar surface area (TPSA) is 85.5 Å². The van der Waals surface area contributed by atoms with E-state index < -0.39 is 11.7 Å². The number of primary amides is 1. The zero-order chi connectivity index (χ0) is 22.0. The van der Waals surface area contributed by atoms with Crippen LogP contribution in [0.3, 0.4) is 0 Å². The minimum Gasteiger partial charge on any atom is -0.497 e. The van der Waals surface area contributed by atoms with Gasteiger partial charge in [-0.2, -0.15) is 0 Å². The number of carbonyl (C=O) groups is 2. The Bertz CT molecular complexity index is 1150. The number of nitrogens with two attached hydrogens (primary N) is 1. The largest absolute Gasteiger partial charge is 0.497 e. The lowest BCUT2D eigenvalue weighted by atomic mass is 9.90.